The standard InChI is InChI=1S/C19H20N4O.C6H7N3O/c1-3-18-22-17-11-21-16-5-4-13(10-20)9-15(16)19(17)23(18)14-6-7-24-12(2)8-14;1-5-6(9-4-10)8-3-2-7-5/h4-5,9,11-12,14H,3,6-8H2,1-2H3;2-4H,1H3,(H,8,9,10). The smallest absolute Gasteiger partial charge is 0.212 e. The van der Waals surface area contributed by atoms with E-state index in [1.54, 1.807) is 13.1 Å². The van der Waals surface area contributed by atoms with Gasteiger partial charge in [-0.25, -0.2) is 9.97 Å². The summed E-state index contributed by atoms with van der Waals surface area (Å²) < 4.78 is 8.10. The lowest BCUT2D eigenvalue weighted by Gasteiger charge is -2.30. The Labute approximate surface area is 197 Å². The Kier molecular flexibility index (Phi) is 7.09. The highest BCUT2D eigenvalue weighted by Gasteiger charge is 2.25. The van der Waals surface area contributed by atoms with E-state index in [1.807, 2.05) is 24.4 Å². The summed E-state index contributed by atoms with van der Waals surface area (Å²) in [6.45, 7) is 6.82. The maximum atomic E-state index is 9.95. The predicted molar refractivity (Wildman–Crippen MR) is 129 cm³/mol. The molecule has 0 aliphatic carbocycles. The molecule has 0 radical (unpaired) electrons. The van der Waals surface area contributed by atoms with E-state index in [2.05, 4.69) is 44.8 Å². The van der Waals surface area contributed by atoms with Gasteiger partial charge in [-0.15, -0.1) is 0 Å². The average molecular weight is 458 g/mol. The molecule has 1 aliphatic rings. The van der Waals surface area contributed by atoms with Crippen molar-refractivity contribution in [2.24, 2.45) is 0 Å². The summed E-state index contributed by atoms with van der Waals surface area (Å²) in [5, 5.41) is 12.7. The van der Waals surface area contributed by atoms with Crippen molar-refractivity contribution in [1.29, 1.82) is 5.26 Å². The van der Waals surface area contributed by atoms with E-state index in [9.17, 15) is 10.1 Å². The zero-order chi connectivity index (χ0) is 24.1. The van der Waals surface area contributed by atoms with Crippen LogP contribution >= 0.6 is 0 Å². The molecule has 4 heterocycles. The maximum absolute atomic E-state index is 9.95. The van der Waals surface area contributed by atoms with Crippen LogP contribution < -0.4 is 5.32 Å². The van der Waals surface area contributed by atoms with E-state index >= 15 is 0 Å². The first-order valence-electron chi connectivity index (χ1n) is 11.3. The second-order valence-corrected chi connectivity index (χ2v) is 8.20. The van der Waals surface area contributed by atoms with Crippen LogP contribution in [-0.4, -0.2) is 43.6 Å². The van der Waals surface area contributed by atoms with E-state index < -0.39 is 0 Å². The van der Waals surface area contributed by atoms with Crippen LogP contribution in [0, 0.1) is 18.3 Å². The number of aryl methyl sites for hydroxylation is 2. The van der Waals surface area contributed by atoms with Crippen molar-refractivity contribution in [3.05, 3.63) is 53.9 Å². The monoisotopic (exact) mass is 457 g/mol. The number of imidazole rings is 1. The topological polar surface area (TPSA) is 119 Å². The molecule has 1 fully saturated rings. The van der Waals surface area contributed by atoms with Crippen molar-refractivity contribution >= 4 is 34.2 Å². The fourth-order valence-corrected chi connectivity index (χ4v) is 4.35. The highest BCUT2D eigenvalue weighted by atomic mass is 16.5. The molecular weight excluding hydrogens is 430 g/mol. The third-order valence-corrected chi connectivity index (χ3v) is 5.93. The van der Waals surface area contributed by atoms with Gasteiger partial charge in [-0.1, -0.05) is 6.92 Å². The average Bonchev–Trinajstić information content (AvgIpc) is 3.25. The maximum Gasteiger partial charge on any atom is 0.212 e. The van der Waals surface area contributed by atoms with Gasteiger partial charge in [-0.2, -0.15) is 5.26 Å². The van der Waals surface area contributed by atoms with Crippen LogP contribution in [-0.2, 0) is 16.0 Å². The lowest BCUT2D eigenvalue weighted by atomic mass is 10.0. The lowest BCUT2D eigenvalue weighted by Crippen LogP contribution is -2.26. The molecule has 9 heteroatoms. The molecule has 0 saturated carbocycles. The number of rotatable bonds is 4. The summed E-state index contributed by atoms with van der Waals surface area (Å²) in [5.74, 6) is 1.60. The molecule has 1 amide bonds. The molecule has 1 saturated heterocycles. The van der Waals surface area contributed by atoms with Crippen LogP contribution in [0.25, 0.3) is 21.9 Å². The summed E-state index contributed by atoms with van der Waals surface area (Å²) in [5.41, 5.74) is 4.30. The van der Waals surface area contributed by atoms with E-state index in [1.165, 1.54) is 6.20 Å². The number of carbonyl (C=O) groups is 1. The van der Waals surface area contributed by atoms with E-state index in [0.29, 0.717) is 23.8 Å². The van der Waals surface area contributed by atoms with Crippen LogP contribution in [0.2, 0.25) is 0 Å². The summed E-state index contributed by atoms with van der Waals surface area (Å²) >= 11 is 0. The van der Waals surface area contributed by atoms with Gasteiger partial charge in [0, 0.05) is 36.8 Å². The minimum atomic E-state index is 0.258. The molecule has 2 atom stereocenters. The van der Waals surface area contributed by atoms with Crippen molar-refractivity contribution in [2.75, 3.05) is 11.9 Å². The number of carbonyl (C=O) groups excluding carboxylic acids is 1. The van der Waals surface area contributed by atoms with Crippen LogP contribution in [0.15, 0.2) is 36.8 Å². The number of pyridine rings is 1. The van der Waals surface area contributed by atoms with Crippen molar-refractivity contribution < 1.29 is 9.53 Å². The van der Waals surface area contributed by atoms with Gasteiger partial charge >= 0.3 is 0 Å². The number of anilines is 1. The van der Waals surface area contributed by atoms with Crippen LogP contribution in [0.3, 0.4) is 0 Å². The van der Waals surface area contributed by atoms with Gasteiger partial charge in [0.25, 0.3) is 0 Å². The normalized spacial score (nSPS) is 17.6. The van der Waals surface area contributed by atoms with Crippen molar-refractivity contribution in [3.63, 3.8) is 0 Å². The summed E-state index contributed by atoms with van der Waals surface area (Å²) in [6, 6.07) is 8.29. The molecule has 174 valence electrons. The van der Waals surface area contributed by atoms with Crippen molar-refractivity contribution in [2.45, 2.75) is 52.2 Å². The van der Waals surface area contributed by atoms with Crippen molar-refractivity contribution in [1.82, 2.24) is 24.5 Å². The number of hydrogen-bond donors (Lipinski definition) is 1. The van der Waals surface area contributed by atoms with Crippen LogP contribution in [0.1, 0.15) is 49.8 Å². The molecule has 0 spiro atoms. The first-order valence-corrected chi connectivity index (χ1v) is 11.3. The Morgan fingerprint density at radius 3 is 2.79 bits per heavy atom. The predicted octanol–water partition coefficient (Wildman–Crippen LogP) is 4.11. The van der Waals surface area contributed by atoms with E-state index in [0.717, 1.165) is 59.3 Å². The molecule has 1 aliphatic heterocycles. The Balaban J connectivity index is 0.000000231. The van der Waals surface area contributed by atoms with E-state index in [-0.39, 0.29) is 6.10 Å². The number of amides is 1. The second-order valence-electron chi connectivity index (χ2n) is 8.20. The summed E-state index contributed by atoms with van der Waals surface area (Å²) in [7, 11) is 0. The minimum absolute atomic E-state index is 0.258. The Bertz CT molecular complexity index is 1360. The molecular formula is C25H27N7O2. The zero-order valence-corrected chi connectivity index (χ0v) is 19.5. The van der Waals surface area contributed by atoms with Gasteiger partial charge in [0.05, 0.1) is 40.7 Å². The van der Waals surface area contributed by atoms with Gasteiger partial charge in [0.15, 0.2) is 5.82 Å². The molecule has 9 nitrogen and oxygen atoms in total. The van der Waals surface area contributed by atoms with Gasteiger partial charge < -0.3 is 14.6 Å². The molecule has 1 aromatic carbocycles. The quantitative estimate of drug-likeness (QED) is 0.458. The first-order chi connectivity index (χ1) is 16.5. The summed E-state index contributed by atoms with van der Waals surface area (Å²) in [4.78, 5) is 27.1. The number of nitrogens with zero attached hydrogens (tertiary/aromatic N) is 6. The Morgan fingerprint density at radius 1 is 1.26 bits per heavy atom. The largest absolute Gasteiger partial charge is 0.378 e. The fraction of sp³-hybridized carbons (Fsp3) is 0.360. The molecule has 34 heavy (non-hydrogen) atoms. The second kappa shape index (κ2) is 10.4. The van der Waals surface area contributed by atoms with Crippen LogP contribution in [0.5, 0.6) is 0 Å². The summed E-state index contributed by atoms with van der Waals surface area (Å²) in [6.07, 6.45) is 8.64. The Hall–Kier alpha value is -3.90. The highest BCUT2D eigenvalue weighted by Crippen LogP contribution is 2.33. The molecule has 0 bridgehead atoms. The number of ether oxygens (including phenoxy) is 1. The van der Waals surface area contributed by atoms with Crippen LogP contribution in [0.4, 0.5) is 5.82 Å². The van der Waals surface area contributed by atoms with E-state index in [4.69, 9.17) is 9.72 Å². The zero-order valence-electron chi connectivity index (χ0n) is 19.5. The van der Waals surface area contributed by atoms with Crippen molar-refractivity contribution in [3.8, 4) is 6.07 Å². The third-order valence-electron chi connectivity index (χ3n) is 5.93. The number of nitrogens with one attached hydrogen (secondary N) is 1. The lowest BCUT2D eigenvalue weighted by molar-refractivity contribution is -0.105. The molecule has 2 unspecified atom stereocenters. The number of hydrogen-bond acceptors (Lipinski definition) is 7. The van der Waals surface area contributed by atoms with Gasteiger partial charge in [0.2, 0.25) is 6.41 Å². The molecule has 5 rings (SSSR count). The van der Waals surface area contributed by atoms with Gasteiger partial charge in [-0.3, -0.25) is 14.8 Å². The number of fused-ring (bicyclic) bond motifs is 3. The minimum Gasteiger partial charge on any atom is -0.378 e. The molecule has 4 aromatic rings. The van der Waals surface area contributed by atoms with Gasteiger partial charge in [-0.05, 0) is 44.9 Å². The number of benzene rings is 1. The Morgan fingerprint density at radius 2 is 2.09 bits per heavy atom. The highest BCUT2D eigenvalue weighted by molar-refractivity contribution is 6.02. The SMILES string of the molecule is CCc1nc2cnc3ccc(C#N)cc3c2n1C1CCOC(C)C1.Cc1nccnc1NC=O. The molecule has 1 N–H and O–H groups in total. The first kappa shape index (κ1) is 23.3. The number of nitriles is 1. The molecule has 3 aromatic heterocycles. The van der Waals surface area contributed by atoms with Gasteiger partial charge in [0.1, 0.15) is 11.3 Å². The number of aromatic nitrogens is 5. The third kappa shape index (κ3) is 4.72. The fourth-order valence-electron chi connectivity index (χ4n) is 4.35.